The molecule has 0 amide bonds. The van der Waals surface area contributed by atoms with Gasteiger partial charge in [0, 0.05) is 130 Å². The fourth-order valence-corrected chi connectivity index (χ4v) is 0. The van der Waals surface area contributed by atoms with Crippen LogP contribution in [-0.4, -0.2) is 145 Å². The number of hydrogen-bond donors (Lipinski definition) is 3. The first-order valence-electron chi connectivity index (χ1n) is 0.783. The first kappa shape index (κ1) is 29.2. The van der Waals surface area contributed by atoms with E-state index in [1.807, 2.05) is 0 Å². The summed E-state index contributed by atoms with van der Waals surface area (Å²) in [6.45, 7) is 0. The molecule has 10 radical (unpaired) electrons. The molecule has 9 heteroatoms. The molecule has 0 saturated heterocycles. The average Bonchev–Trinajstić information content (AvgIpc) is 0.722. The van der Waals surface area contributed by atoms with Crippen molar-refractivity contribution in [2.24, 2.45) is 0 Å². The second-order valence-corrected chi connectivity index (χ2v) is 1.54. The van der Waals surface area contributed by atoms with E-state index in [0.717, 1.165) is 0 Å². The number of hydrogen-bond acceptors (Lipinski definition) is 1. The van der Waals surface area contributed by atoms with E-state index in [-0.39, 0.29) is 130 Å². The maximum Gasteiger partial charge on any atom is 0.466 e. The van der Waals surface area contributed by atoms with Crippen molar-refractivity contribution in [1.82, 2.24) is 0 Å². The van der Waals surface area contributed by atoms with Gasteiger partial charge in [-0.15, -0.1) is 0 Å². The topological polar surface area (TPSA) is 77.8 Å². The minimum atomic E-state index is -4.64. The van der Waals surface area contributed by atoms with Crippen LogP contribution in [0.2, 0.25) is 0 Å². The Labute approximate surface area is 153 Å². The monoisotopic (exact) mass is 370 g/mol. The predicted molar refractivity (Wildman–Crippen MR) is 37.3 cm³/mol. The first-order chi connectivity index (χ1) is 2.00. The summed E-state index contributed by atoms with van der Waals surface area (Å²) in [4.78, 5) is 21.6. The van der Waals surface area contributed by atoms with Gasteiger partial charge in [0.05, 0.1) is 0 Å². The van der Waals surface area contributed by atoms with Gasteiger partial charge >= 0.3 is 7.82 Å². The molecule has 0 aliphatic rings. The molecule has 4 nitrogen and oxygen atoms in total. The zero-order chi connectivity index (χ0) is 4.50. The molecule has 9 heavy (non-hydrogen) atoms. The summed E-state index contributed by atoms with van der Waals surface area (Å²) in [5, 5.41) is 0. The van der Waals surface area contributed by atoms with Crippen molar-refractivity contribution >= 4 is 138 Å². The summed E-state index contributed by atoms with van der Waals surface area (Å²) in [6, 6.07) is 0. The summed E-state index contributed by atoms with van der Waals surface area (Å²) in [5.41, 5.74) is 0. The Bertz CT molecular complexity index is 66.7. The van der Waals surface area contributed by atoms with E-state index in [0.29, 0.717) is 0 Å². The maximum atomic E-state index is 8.88. The van der Waals surface area contributed by atoms with Crippen LogP contribution in [-0.2, 0) is 4.57 Å². The van der Waals surface area contributed by atoms with Crippen LogP contribution in [0.15, 0.2) is 0 Å². The summed E-state index contributed by atoms with van der Waals surface area (Å²) in [5.74, 6) is 0. The van der Waals surface area contributed by atoms with Crippen LogP contribution in [0.4, 0.5) is 0 Å². The van der Waals surface area contributed by atoms with Crippen molar-refractivity contribution in [3.05, 3.63) is 0 Å². The zero-order valence-electron chi connectivity index (χ0n) is 4.82. The molecule has 3 N–H and O–H groups in total. The Kier molecular flexibility index (Phi) is 48.4. The minimum absolute atomic E-state index is 0. The van der Waals surface area contributed by atoms with E-state index < -0.39 is 7.82 Å². The van der Waals surface area contributed by atoms with Crippen LogP contribution in [0, 0.1) is 0 Å². The van der Waals surface area contributed by atoms with E-state index in [9.17, 15) is 0 Å². The van der Waals surface area contributed by atoms with Crippen LogP contribution in [0.3, 0.4) is 0 Å². The standard InChI is InChI=1S/Ca.Mg.H3O4P.Sn.Sr/c;;1-5(2,3)4;;/h;;(H3,1,2,3,4);;. The molecule has 0 aromatic heterocycles. The van der Waals surface area contributed by atoms with Crippen LogP contribution in [0.25, 0.3) is 0 Å². The van der Waals surface area contributed by atoms with Crippen molar-refractivity contribution in [2.75, 3.05) is 0 Å². The van der Waals surface area contributed by atoms with Crippen LogP contribution >= 0.6 is 7.82 Å². The van der Waals surface area contributed by atoms with Gasteiger partial charge in [0.1, 0.15) is 0 Å². The van der Waals surface area contributed by atoms with Gasteiger partial charge in [-0.1, -0.05) is 0 Å². The van der Waals surface area contributed by atoms with Gasteiger partial charge in [-0.05, 0) is 0 Å². The largest absolute Gasteiger partial charge is 0.466 e. The van der Waals surface area contributed by atoms with E-state index in [4.69, 9.17) is 19.2 Å². The minimum Gasteiger partial charge on any atom is -0.303 e. The molecule has 42 valence electrons. The normalized spacial score (nSPS) is 6.56. The molecule has 0 aromatic rings. The molecule has 0 aliphatic heterocycles. The molecule has 0 rings (SSSR count). The Morgan fingerprint density at radius 2 is 1.11 bits per heavy atom. The predicted octanol–water partition coefficient (Wildman–Crippen LogP) is -2.45. The van der Waals surface area contributed by atoms with Crippen molar-refractivity contribution in [3.8, 4) is 0 Å². The molecular formula is H3CaMgO4PSnSr. The fraction of sp³-hybridized carbons (Fsp3) is 0. The molecule has 0 unspecified atom stereocenters. The van der Waals surface area contributed by atoms with Gasteiger partial charge in [0.2, 0.25) is 0 Å². The second-order valence-electron chi connectivity index (χ2n) is 0.513. The summed E-state index contributed by atoms with van der Waals surface area (Å²) in [7, 11) is -4.64. The van der Waals surface area contributed by atoms with E-state index in [1.54, 1.807) is 0 Å². The van der Waals surface area contributed by atoms with Crippen molar-refractivity contribution in [1.29, 1.82) is 0 Å². The van der Waals surface area contributed by atoms with Gasteiger partial charge in [-0.3, -0.25) is 0 Å². The Hall–Kier alpha value is 4.42. The van der Waals surface area contributed by atoms with Crippen molar-refractivity contribution in [3.63, 3.8) is 0 Å². The Balaban J connectivity index is -0.0000000133. The SMILES string of the molecule is O=P(O)(O)O.[Ca].[Mg].[Sn].[Sr]. The summed E-state index contributed by atoms with van der Waals surface area (Å²) < 4.78 is 8.88. The van der Waals surface area contributed by atoms with E-state index in [1.165, 1.54) is 0 Å². The zero-order valence-corrected chi connectivity index (χ0v) is 15.7. The first-order valence-corrected chi connectivity index (χ1v) is 2.35. The number of phosphoric acid groups is 1. The van der Waals surface area contributed by atoms with Gasteiger partial charge in [0.15, 0.2) is 0 Å². The van der Waals surface area contributed by atoms with E-state index >= 15 is 0 Å². The fourth-order valence-electron chi connectivity index (χ4n) is 0. The summed E-state index contributed by atoms with van der Waals surface area (Å²) >= 11 is 0. The molecule has 0 aliphatic carbocycles. The van der Waals surface area contributed by atoms with Crippen LogP contribution in [0.5, 0.6) is 0 Å². The maximum absolute atomic E-state index is 8.88. The third-order valence-corrected chi connectivity index (χ3v) is 0. The van der Waals surface area contributed by atoms with Gasteiger partial charge in [0.25, 0.3) is 0 Å². The van der Waals surface area contributed by atoms with Crippen molar-refractivity contribution < 1.29 is 19.2 Å². The summed E-state index contributed by atoms with van der Waals surface area (Å²) in [6.07, 6.45) is 0. The Morgan fingerprint density at radius 1 is 1.11 bits per heavy atom. The smallest absolute Gasteiger partial charge is 0.303 e. The third kappa shape index (κ3) is 69.1. The number of rotatable bonds is 0. The van der Waals surface area contributed by atoms with E-state index in [2.05, 4.69) is 0 Å². The van der Waals surface area contributed by atoms with Gasteiger partial charge in [-0.2, -0.15) is 0 Å². The second kappa shape index (κ2) is 14.9. The molecule has 0 saturated carbocycles. The van der Waals surface area contributed by atoms with Crippen LogP contribution < -0.4 is 0 Å². The molecule has 0 aromatic carbocycles. The average molecular weight is 369 g/mol. The molecule has 0 heterocycles. The Morgan fingerprint density at radius 3 is 1.11 bits per heavy atom. The quantitative estimate of drug-likeness (QED) is 0.328. The van der Waals surface area contributed by atoms with Crippen molar-refractivity contribution in [2.45, 2.75) is 0 Å². The molecule has 0 bridgehead atoms. The van der Waals surface area contributed by atoms with Gasteiger partial charge in [-0.25, -0.2) is 4.57 Å². The third-order valence-electron chi connectivity index (χ3n) is 0. The molecule has 0 spiro atoms. The molecule has 0 fully saturated rings. The van der Waals surface area contributed by atoms with Gasteiger partial charge < -0.3 is 14.7 Å². The molecular weight excluding hydrogens is 366 g/mol. The van der Waals surface area contributed by atoms with Crippen LogP contribution in [0.1, 0.15) is 0 Å². The molecule has 0 atom stereocenters.